The van der Waals surface area contributed by atoms with Crippen LogP contribution in [0.2, 0.25) is 0 Å². The molecule has 0 aliphatic rings. The summed E-state index contributed by atoms with van der Waals surface area (Å²) in [5, 5.41) is 76.9. The minimum Gasteiger partial charge on any atom is -0.507 e. The highest BCUT2D eigenvalue weighted by Gasteiger charge is 2.18. The smallest absolute Gasteiger partial charge is 0.339 e. The van der Waals surface area contributed by atoms with Crippen molar-refractivity contribution in [2.45, 2.75) is 24.5 Å². The summed E-state index contributed by atoms with van der Waals surface area (Å²) < 4.78 is 29.8. The van der Waals surface area contributed by atoms with Crippen molar-refractivity contribution in [3.8, 4) is 5.75 Å². The Hall–Kier alpha value is -8.02. The number of carboxylic acids is 8. The molecule has 1 aromatic carbocycles. The van der Waals surface area contributed by atoms with Crippen LogP contribution in [0.1, 0.15) is 27.2 Å². The molecule has 0 aliphatic heterocycles. The molecule has 4 rings (SSSR count). The molecule has 12 N–H and O–H groups in total. The molecule has 28 heteroatoms. The largest absolute Gasteiger partial charge is 0.507 e. The summed E-state index contributed by atoms with van der Waals surface area (Å²) in [6, 6.07) is 14.6. The van der Waals surface area contributed by atoms with Gasteiger partial charge in [0.15, 0.2) is 0 Å². The summed E-state index contributed by atoms with van der Waals surface area (Å²) in [5.41, 5.74) is 6.25. The van der Waals surface area contributed by atoms with Crippen molar-refractivity contribution in [1.29, 1.82) is 0 Å². The number of aliphatic carboxylic acids is 7. The lowest BCUT2D eigenvalue weighted by atomic mass is 10.2. The zero-order valence-electron chi connectivity index (χ0n) is 35.0. The highest BCUT2D eigenvalue weighted by molar-refractivity contribution is 7.85. The number of aromatic nitrogens is 3. The number of nitrogens with zero attached hydrogens (tertiary/aromatic N) is 6. The summed E-state index contributed by atoms with van der Waals surface area (Å²) in [6.07, 6.45) is 7.91. The molecule has 0 spiro atoms. The van der Waals surface area contributed by atoms with Crippen molar-refractivity contribution >= 4 is 57.9 Å². The Bertz CT molecular complexity index is 2110. The van der Waals surface area contributed by atoms with E-state index in [2.05, 4.69) is 20.7 Å². The summed E-state index contributed by atoms with van der Waals surface area (Å²) >= 11 is 0. The first-order valence-electron chi connectivity index (χ1n) is 18.4. The van der Waals surface area contributed by atoms with Gasteiger partial charge in [-0.1, -0.05) is 12.1 Å². The van der Waals surface area contributed by atoms with E-state index in [0.717, 1.165) is 23.3 Å². The Balaban J connectivity index is 0.000000838. The van der Waals surface area contributed by atoms with Gasteiger partial charge in [0.05, 0.1) is 56.4 Å². The lowest BCUT2D eigenvalue weighted by Gasteiger charge is -2.17. The summed E-state index contributed by atoms with van der Waals surface area (Å²) in [6.45, 7) is -1.37. The number of aromatic carboxylic acids is 1. The maximum Gasteiger partial charge on any atom is 0.339 e. The van der Waals surface area contributed by atoms with E-state index in [1.807, 2.05) is 0 Å². The molecule has 0 amide bonds. The van der Waals surface area contributed by atoms with Gasteiger partial charge < -0.3 is 51.7 Å². The number of hydrogen-bond donors (Lipinski definition) is 11. The standard InChI is InChI=1S/3C10H12N2O4.C7H6O6S.C2H5NO2/c13-9(14)6-12(7-10(15)16)5-8-1-3-11-4-2-8;13-9(14)6-12(7-10(15)16)5-8-2-1-3-11-4-8;13-9(14)6-12(7-10(15)16)5-8-3-1-2-4-11-8;8-6-2-1-4(14(11,12)13)3-5(6)7(9)10;3-1-2(4)5/h3*1-4H,5-7H2,(H,13,14)(H,15,16);1-3,8H,(H,9,10)(H,11,12,13);1,3H2,(H,4,5). The van der Waals surface area contributed by atoms with Crippen LogP contribution in [0.4, 0.5) is 0 Å². The highest BCUT2D eigenvalue weighted by atomic mass is 32.2. The third kappa shape index (κ3) is 30.7. The van der Waals surface area contributed by atoms with E-state index < -0.39 is 74.1 Å². The first-order valence-corrected chi connectivity index (χ1v) is 19.9. The zero-order valence-corrected chi connectivity index (χ0v) is 35.8. The summed E-state index contributed by atoms with van der Waals surface area (Å²) in [5.74, 6) is -9.32. The normalized spacial score (nSPS) is 10.3. The summed E-state index contributed by atoms with van der Waals surface area (Å²) in [7, 11) is -4.45. The van der Waals surface area contributed by atoms with Crippen molar-refractivity contribution in [2.24, 2.45) is 5.73 Å². The number of carboxylic acid groups (broad SMARTS) is 8. The first kappa shape index (κ1) is 59.0. The molecule has 3 heterocycles. The fourth-order valence-electron chi connectivity index (χ4n) is 4.71. The van der Waals surface area contributed by atoms with Crippen LogP contribution in [-0.4, -0.2) is 182 Å². The second-order valence-corrected chi connectivity index (χ2v) is 14.3. The molecule has 0 unspecified atom stereocenters. The van der Waals surface area contributed by atoms with Crippen LogP contribution in [0.3, 0.4) is 0 Å². The van der Waals surface area contributed by atoms with Crippen LogP contribution < -0.4 is 5.73 Å². The van der Waals surface area contributed by atoms with Crippen LogP contribution in [0.15, 0.2) is 96.5 Å². The average molecular weight is 966 g/mol. The molecule has 0 saturated carbocycles. The SMILES string of the molecule is NCC(=O)O.O=C(O)CN(CC(=O)O)Cc1ccccn1.O=C(O)CN(CC(=O)O)Cc1cccnc1.O=C(O)CN(CC(=O)O)Cc1ccncc1.O=C(O)c1cc(S(=O)(=O)O)ccc1O. The lowest BCUT2D eigenvalue weighted by Crippen LogP contribution is -2.34. The van der Waals surface area contributed by atoms with Crippen LogP contribution in [0.5, 0.6) is 5.75 Å². The van der Waals surface area contributed by atoms with Gasteiger partial charge in [-0.05, 0) is 59.7 Å². The molecule has 0 atom stereocenters. The third-order valence-electron chi connectivity index (χ3n) is 7.22. The molecule has 67 heavy (non-hydrogen) atoms. The number of benzene rings is 1. The van der Waals surface area contributed by atoms with E-state index in [0.29, 0.717) is 11.8 Å². The van der Waals surface area contributed by atoms with E-state index >= 15 is 0 Å². The van der Waals surface area contributed by atoms with Gasteiger partial charge in [0.25, 0.3) is 10.1 Å². The van der Waals surface area contributed by atoms with Gasteiger partial charge >= 0.3 is 47.8 Å². The molecule has 0 bridgehead atoms. The predicted octanol–water partition coefficient (Wildman–Crippen LogP) is -0.475. The molecule has 0 radical (unpaired) electrons. The van der Waals surface area contributed by atoms with Gasteiger partial charge in [-0.3, -0.25) is 67.8 Å². The summed E-state index contributed by atoms with van der Waals surface area (Å²) in [4.78, 5) is 98.0. The molecule has 4 aromatic rings. The van der Waals surface area contributed by atoms with E-state index in [-0.39, 0.29) is 65.4 Å². The van der Waals surface area contributed by atoms with Crippen molar-refractivity contribution < 1.29 is 97.3 Å². The molecule has 0 fully saturated rings. The highest BCUT2D eigenvalue weighted by Crippen LogP contribution is 2.21. The minimum atomic E-state index is -4.45. The van der Waals surface area contributed by atoms with Crippen molar-refractivity contribution in [2.75, 3.05) is 45.8 Å². The fraction of sp³-hybridized carbons (Fsp3) is 0.256. The second-order valence-electron chi connectivity index (χ2n) is 12.9. The quantitative estimate of drug-likeness (QED) is 0.0470. The number of phenols is 1. The number of aromatic hydroxyl groups is 1. The topological polar surface area (TPSA) is 447 Å². The van der Waals surface area contributed by atoms with Crippen molar-refractivity contribution in [3.05, 3.63) is 114 Å². The van der Waals surface area contributed by atoms with Gasteiger partial charge in [-0.15, -0.1) is 0 Å². The Morgan fingerprint density at radius 3 is 1.33 bits per heavy atom. The van der Waals surface area contributed by atoms with Gasteiger partial charge in [0, 0.05) is 50.6 Å². The van der Waals surface area contributed by atoms with Crippen LogP contribution in [0.25, 0.3) is 0 Å². The van der Waals surface area contributed by atoms with Gasteiger partial charge in [-0.25, -0.2) is 4.79 Å². The van der Waals surface area contributed by atoms with Crippen LogP contribution in [-0.2, 0) is 63.3 Å². The lowest BCUT2D eigenvalue weighted by molar-refractivity contribution is -0.144. The Kier molecular flexibility index (Phi) is 28.0. The molecular weight excluding hydrogens is 919 g/mol. The van der Waals surface area contributed by atoms with Crippen LogP contribution >= 0.6 is 0 Å². The van der Waals surface area contributed by atoms with Gasteiger partial charge in [0.1, 0.15) is 11.3 Å². The Morgan fingerprint density at radius 1 is 0.522 bits per heavy atom. The van der Waals surface area contributed by atoms with Gasteiger partial charge in [0.2, 0.25) is 0 Å². The first-order chi connectivity index (χ1) is 31.3. The molecule has 27 nitrogen and oxygen atoms in total. The Labute approximate surface area is 380 Å². The zero-order chi connectivity index (χ0) is 51.1. The molecule has 364 valence electrons. The van der Waals surface area contributed by atoms with Crippen molar-refractivity contribution in [3.63, 3.8) is 0 Å². The van der Waals surface area contributed by atoms with Crippen molar-refractivity contribution in [1.82, 2.24) is 29.7 Å². The molecule has 0 saturated heterocycles. The molecule has 0 aliphatic carbocycles. The minimum absolute atomic E-state index is 0.208. The number of hydrogen-bond acceptors (Lipinski definition) is 18. The van der Waals surface area contributed by atoms with E-state index in [9.17, 15) is 46.8 Å². The van der Waals surface area contributed by atoms with Gasteiger partial charge in [-0.2, -0.15) is 8.42 Å². The number of rotatable bonds is 21. The van der Waals surface area contributed by atoms with E-state index in [4.69, 9.17) is 50.5 Å². The predicted molar refractivity (Wildman–Crippen MR) is 226 cm³/mol. The third-order valence-corrected chi connectivity index (χ3v) is 8.07. The van der Waals surface area contributed by atoms with E-state index in [1.165, 1.54) is 14.7 Å². The Morgan fingerprint density at radius 2 is 0.970 bits per heavy atom. The fourth-order valence-corrected chi connectivity index (χ4v) is 5.22. The maximum absolute atomic E-state index is 10.6. The second kappa shape index (κ2) is 31.8. The molecule has 3 aromatic heterocycles. The van der Waals surface area contributed by atoms with E-state index in [1.54, 1.807) is 73.4 Å². The number of pyridine rings is 3. The van der Waals surface area contributed by atoms with Crippen LogP contribution in [0, 0.1) is 0 Å². The monoisotopic (exact) mass is 965 g/mol. The number of carbonyl (C=O) groups is 8. The number of nitrogens with two attached hydrogens (primary N) is 1. The molecular formula is C39H47N7O20S. The maximum atomic E-state index is 10.6. The average Bonchev–Trinajstić information content (AvgIpc) is 3.21.